The molecule has 1 saturated carbocycles. The fourth-order valence-electron chi connectivity index (χ4n) is 1.59. The van der Waals surface area contributed by atoms with E-state index in [4.69, 9.17) is 5.11 Å². The number of hydrogen-bond acceptors (Lipinski definition) is 3. The molecule has 0 radical (unpaired) electrons. The minimum atomic E-state index is -2.84. The van der Waals surface area contributed by atoms with Gasteiger partial charge in [-0.15, -0.1) is 0 Å². The van der Waals surface area contributed by atoms with Gasteiger partial charge in [0.25, 0.3) is 5.92 Å². The summed E-state index contributed by atoms with van der Waals surface area (Å²) >= 11 is 0. The fraction of sp³-hybridized carbons (Fsp3) is 0.556. The largest absolute Gasteiger partial charge is 0.396 e. The van der Waals surface area contributed by atoms with Crippen molar-refractivity contribution < 1.29 is 13.9 Å². The molecule has 76 valence electrons. The highest BCUT2D eigenvalue weighted by Crippen LogP contribution is 2.60. The van der Waals surface area contributed by atoms with Crippen LogP contribution in [-0.4, -0.2) is 27.6 Å². The predicted molar refractivity (Wildman–Crippen MR) is 45.0 cm³/mol. The van der Waals surface area contributed by atoms with E-state index >= 15 is 0 Å². The minimum Gasteiger partial charge on any atom is -0.396 e. The molecule has 5 heteroatoms. The molecule has 0 unspecified atom stereocenters. The standard InChI is InChI=1S/C9H10F2N2O/c1-5-2-3-12-8(13-5)7-6(4-14)9(7,10)11/h2-3,6-7,14H,4H2,1H3/t6-,7+/m1/s1. The van der Waals surface area contributed by atoms with Gasteiger partial charge in [-0.2, -0.15) is 0 Å². The third-order valence-corrected chi connectivity index (χ3v) is 2.49. The van der Waals surface area contributed by atoms with Crippen molar-refractivity contribution in [1.29, 1.82) is 0 Å². The lowest BCUT2D eigenvalue weighted by Gasteiger charge is -1.97. The molecule has 2 atom stereocenters. The Morgan fingerprint density at radius 1 is 1.57 bits per heavy atom. The number of rotatable bonds is 2. The topological polar surface area (TPSA) is 46.0 Å². The highest BCUT2D eigenvalue weighted by molar-refractivity contribution is 5.22. The molecule has 1 aliphatic rings. The van der Waals surface area contributed by atoms with Gasteiger partial charge in [-0.1, -0.05) is 0 Å². The second kappa shape index (κ2) is 2.95. The van der Waals surface area contributed by atoms with Crippen molar-refractivity contribution in [2.24, 2.45) is 5.92 Å². The van der Waals surface area contributed by atoms with Crippen LogP contribution < -0.4 is 0 Å². The number of aryl methyl sites for hydroxylation is 1. The summed E-state index contributed by atoms with van der Waals surface area (Å²) in [4.78, 5) is 7.72. The summed E-state index contributed by atoms with van der Waals surface area (Å²) in [5.41, 5.74) is 0.661. The molecule has 0 amide bonds. The highest BCUT2D eigenvalue weighted by atomic mass is 19.3. The van der Waals surface area contributed by atoms with Crippen LogP contribution in [0.3, 0.4) is 0 Å². The van der Waals surface area contributed by atoms with Crippen molar-refractivity contribution >= 4 is 0 Å². The maximum atomic E-state index is 13.0. The van der Waals surface area contributed by atoms with Gasteiger partial charge >= 0.3 is 0 Å². The van der Waals surface area contributed by atoms with E-state index in [1.54, 1.807) is 13.0 Å². The van der Waals surface area contributed by atoms with Crippen molar-refractivity contribution in [2.45, 2.75) is 18.8 Å². The number of alkyl halides is 2. The summed E-state index contributed by atoms with van der Waals surface area (Å²) < 4.78 is 26.1. The highest BCUT2D eigenvalue weighted by Gasteiger charge is 2.70. The van der Waals surface area contributed by atoms with E-state index in [0.717, 1.165) is 0 Å². The van der Waals surface area contributed by atoms with E-state index in [9.17, 15) is 8.78 Å². The second-order valence-electron chi connectivity index (χ2n) is 3.50. The first-order valence-electron chi connectivity index (χ1n) is 4.35. The Kier molecular flexibility index (Phi) is 1.99. The lowest BCUT2D eigenvalue weighted by atomic mass is 10.3. The first kappa shape index (κ1) is 9.45. The van der Waals surface area contributed by atoms with Crippen LogP contribution in [0.1, 0.15) is 17.4 Å². The Bertz CT molecular complexity index is 356. The molecule has 1 fully saturated rings. The summed E-state index contributed by atoms with van der Waals surface area (Å²) in [5.74, 6) is -4.73. The average Bonchev–Trinajstić information content (AvgIpc) is 2.68. The Labute approximate surface area is 79.8 Å². The van der Waals surface area contributed by atoms with E-state index in [1.165, 1.54) is 6.20 Å². The van der Waals surface area contributed by atoms with Crippen molar-refractivity contribution in [3.8, 4) is 0 Å². The zero-order valence-electron chi connectivity index (χ0n) is 7.61. The van der Waals surface area contributed by atoms with Gasteiger partial charge < -0.3 is 5.11 Å². The van der Waals surface area contributed by atoms with Gasteiger partial charge in [-0.05, 0) is 13.0 Å². The smallest absolute Gasteiger partial charge is 0.264 e. The van der Waals surface area contributed by atoms with E-state index in [-0.39, 0.29) is 5.82 Å². The molecule has 0 bridgehead atoms. The maximum Gasteiger partial charge on any atom is 0.264 e. The number of aliphatic hydroxyl groups excluding tert-OH is 1. The Balaban J connectivity index is 2.26. The Morgan fingerprint density at radius 2 is 2.29 bits per heavy atom. The van der Waals surface area contributed by atoms with E-state index in [0.29, 0.717) is 5.69 Å². The number of aliphatic hydroxyl groups is 1. The molecule has 1 N–H and O–H groups in total. The molecular weight excluding hydrogens is 190 g/mol. The number of hydrogen-bond donors (Lipinski definition) is 1. The van der Waals surface area contributed by atoms with Crippen LogP contribution in [0.25, 0.3) is 0 Å². The predicted octanol–water partition coefficient (Wildman–Crippen LogP) is 1.13. The van der Waals surface area contributed by atoms with Gasteiger partial charge in [0.1, 0.15) is 5.82 Å². The van der Waals surface area contributed by atoms with Crippen LogP contribution in [0.15, 0.2) is 12.3 Å². The number of nitrogens with zero attached hydrogens (tertiary/aromatic N) is 2. The minimum absolute atomic E-state index is 0.133. The molecule has 0 aliphatic heterocycles. The summed E-state index contributed by atoms with van der Waals surface area (Å²) in [6.45, 7) is 1.20. The SMILES string of the molecule is Cc1ccnc([C@@H]2[C@@H](CO)C2(F)F)n1. The molecule has 0 spiro atoms. The Hall–Kier alpha value is -1.10. The van der Waals surface area contributed by atoms with Crippen molar-refractivity contribution in [1.82, 2.24) is 9.97 Å². The van der Waals surface area contributed by atoms with E-state index in [2.05, 4.69) is 9.97 Å². The average molecular weight is 200 g/mol. The van der Waals surface area contributed by atoms with Gasteiger partial charge in [-0.25, -0.2) is 18.7 Å². The van der Waals surface area contributed by atoms with Gasteiger partial charge in [0, 0.05) is 11.9 Å². The van der Waals surface area contributed by atoms with E-state index < -0.39 is 24.4 Å². The summed E-state index contributed by atoms with van der Waals surface area (Å²) in [6.07, 6.45) is 1.46. The van der Waals surface area contributed by atoms with Crippen LogP contribution in [0.4, 0.5) is 8.78 Å². The lowest BCUT2D eigenvalue weighted by Crippen LogP contribution is -1.99. The third-order valence-electron chi connectivity index (χ3n) is 2.49. The molecule has 1 aliphatic carbocycles. The molecule has 1 aromatic heterocycles. The zero-order valence-corrected chi connectivity index (χ0v) is 7.61. The third kappa shape index (κ3) is 1.28. The zero-order chi connectivity index (χ0) is 10.3. The molecular formula is C9H10F2N2O. The van der Waals surface area contributed by atoms with Crippen LogP contribution in [0.2, 0.25) is 0 Å². The first-order chi connectivity index (χ1) is 6.57. The number of aromatic nitrogens is 2. The molecule has 3 nitrogen and oxygen atoms in total. The summed E-state index contributed by atoms with van der Waals surface area (Å²) in [5, 5.41) is 8.71. The molecule has 2 rings (SSSR count). The lowest BCUT2D eigenvalue weighted by molar-refractivity contribution is 0.0779. The molecule has 14 heavy (non-hydrogen) atoms. The summed E-state index contributed by atoms with van der Waals surface area (Å²) in [7, 11) is 0. The monoisotopic (exact) mass is 200 g/mol. The first-order valence-corrected chi connectivity index (χ1v) is 4.35. The van der Waals surface area contributed by atoms with Gasteiger partial charge in [0.05, 0.1) is 18.4 Å². The maximum absolute atomic E-state index is 13.0. The quantitative estimate of drug-likeness (QED) is 0.778. The normalized spacial score (nSPS) is 28.9. The van der Waals surface area contributed by atoms with Crippen LogP contribution in [-0.2, 0) is 0 Å². The molecule has 1 aromatic rings. The fourth-order valence-corrected chi connectivity index (χ4v) is 1.59. The van der Waals surface area contributed by atoms with Crippen LogP contribution in [0.5, 0.6) is 0 Å². The molecule has 0 saturated heterocycles. The van der Waals surface area contributed by atoms with Crippen molar-refractivity contribution in [2.75, 3.05) is 6.61 Å². The van der Waals surface area contributed by atoms with E-state index in [1.807, 2.05) is 0 Å². The van der Waals surface area contributed by atoms with Gasteiger partial charge in [0.15, 0.2) is 0 Å². The van der Waals surface area contributed by atoms with Gasteiger partial charge in [0.2, 0.25) is 0 Å². The van der Waals surface area contributed by atoms with Crippen molar-refractivity contribution in [3.63, 3.8) is 0 Å². The summed E-state index contributed by atoms with van der Waals surface area (Å²) in [6, 6.07) is 1.65. The van der Waals surface area contributed by atoms with Crippen LogP contribution >= 0.6 is 0 Å². The number of halogens is 2. The van der Waals surface area contributed by atoms with Crippen molar-refractivity contribution in [3.05, 3.63) is 23.8 Å². The molecule has 1 heterocycles. The second-order valence-corrected chi connectivity index (χ2v) is 3.50. The molecule has 0 aromatic carbocycles. The van der Waals surface area contributed by atoms with Crippen LogP contribution in [0, 0.1) is 12.8 Å². The van der Waals surface area contributed by atoms with Gasteiger partial charge in [-0.3, -0.25) is 0 Å². The Morgan fingerprint density at radius 3 is 2.79 bits per heavy atom.